The Labute approximate surface area is 114 Å². The molecule has 1 atom stereocenters. The first-order chi connectivity index (χ1) is 9.00. The van der Waals surface area contributed by atoms with Crippen LogP contribution in [0.15, 0.2) is 18.2 Å². The fraction of sp³-hybridized carbons (Fsp3) is 0.600. The molecule has 0 amide bonds. The van der Waals surface area contributed by atoms with Gasteiger partial charge in [-0.25, -0.2) is 4.39 Å². The summed E-state index contributed by atoms with van der Waals surface area (Å²) >= 11 is 0. The van der Waals surface area contributed by atoms with E-state index in [-0.39, 0.29) is 5.82 Å². The highest BCUT2D eigenvalue weighted by Gasteiger charge is 2.25. The van der Waals surface area contributed by atoms with Gasteiger partial charge < -0.3 is 9.84 Å². The molecule has 0 saturated carbocycles. The molecule has 1 fully saturated rings. The van der Waals surface area contributed by atoms with E-state index in [9.17, 15) is 9.50 Å². The molecule has 0 aromatic heterocycles. The third-order valence-electron chi connectivity index (χ3n) is 3.79. The standard InChI is InChI=1S/C15H22FNO2/c1-15(18)6-3-8-17(9-7-15)11-12-10-13(16)4-5-14(12)19-2/h4-5,10,18H,3,6-9,11H2,1-2H3. The molecule has 0 radical (unpaired) electrons. The minimum atomic E-state index is -0.569. The van der Waals surface area contributed by atoms with Crippen molar-refractivity contribution in [1.29, 1.82) is 0 Å². The van der Waals surface area contributed by atoms with Gasteiger partial charge in [-0.05, 0) is 50.9 Å². The van der Waals surface area contributed by atoms with E-state index >= 15 is 0 Å². The number of halogens is 1. The van der Waals surface area contributed by atoms with Crippen molar-refractivity contribution in [2.45, 2.75) is 38.3 Å². The molecule has 1 heterocycles. The van der Waals surface area contributed by atoms with E-state index < -0.39 is 5.60 Å². The third-order valence-corrected chi connectivity index (χ3v) is 3.79. The molecule has 1 N–H and O–H groups in total. The van der Waals surface area contributed by atoms with Crippen LogP contribution in [0.1, 0.15) is 31.7 Å². The molecular weight excluding hydrogens is 245 g/mol. The number of ether oxygens (including phenoxy) is 1. The maximum Gasteiger partial charge on any atom is 0.123 e. The maximum atomic E-state index is 13.3. The summed E-state index contributed by atoms with van der Waals surface area (Å²) in [7, 11) is 1.60. The van der Waals surface area contributed by atoms with E-state index in [2.05, 4.69) is 4.90 Å². The maximum absolute atomic E-state index is 13.3. The van der Waals surface area contributed by atoms with Gasteiger partial charge in [0.05, 0.1) is 12.7 Å². The summed E-state index contributed by atoms with van der Waals surface area (Å²) in [5, 5.41) is 10.1. The van der Waals surface area contributed by atoms with E-state index in [4.69, 9.17) is 4.74 Å². The van der Waals surface area contributed by atoms with Crippen molar-refractivity contribution in [3.63, 3.8) is 0 Å². The van der Waals surface area contributed by atoms with Gasteiger partial charge >= 0.3 is 0 Å². The minimum absolute atomic E-state index is 0.238. The quantitative estimate of drug-likeness (QED) is 0.913. The lowest BCUT2D eigenvalue weighted by atomic mass is 9.98. The molecule has 0 spiro atoms. The van der Waals surface area contributed by atoms with Crippen LogP contribution in [0.4, 0.5) is 4.39 Å². The van der Waals surface area contributed by atoms with Crippen LogP contribution in [0.25, 0.3) is 0 Å². The predicted octanol–water partition coefficient (Wildman–Crippen LogP) is 2.57. The van der Waals surface area contributed by atoms with Crippen molar-refractivity contribution in [3.8, 4) is 5.75 Å². The lowest BCUT2D eigenvalue weighted by molar-refractivity contribution is 0.0444. The number of rotatable bonds is 3. The van der Waals surface area contributed by atoms with E-state index in [1.54, 1.807) is 13.2 Å². The van der Waals surface area contributed by atoms with Crippen LogP contribution < -0.4 is 4.74 Å². The first kappa shape index (κ1) is 14.3. The molecule has 1 aromatic carbocycles. The normalized spacial score (nSPS) is 25.1. The molecule has 3 nitrogen and oxygen atoms in total. The van der Waals surface area contributed by atoms with Gasteiger partial charge in [-0.3, -0.25) is 4.90 Å². The zero-order valence-corrected chi connectivity index (χ0v) is 11.7. The summed E-state index contributed by atoms with van der Waals surface area (Å²) in [4.78, 5) is 2.25. The second-order valence-electron chi connectivity index (χ2n) is 5.58. The van der Waals surface area contributed by atoms with Crippen LogP contribution in [0.2, 0.25) is 0 Å². The SMILES string of the molecule is COc1ccc(F)cc1CN1CCCC(C)(O)CC1. The molecule has 2 rings (SSSR count). The molecule has 106 valence electrons. The van der Waals surface area contributed by atoms with Crippen molar-refractivity contribution in [1.82, 2.24) is 4.90 Å². The minimum Gasteiger partial charge on any atom is -0.496 e. The largest absolute Gasteiger partial charge is 0.496 e. The van der Waals surface area contributed by atoms with Crippen LogP contribution in [0, 0.1) is 5.82 Å². The third kappa shape index (κ3) is 3.91. The fourth-order valence-corrected chi connectivity index (χ4v) is 2.59. The number of aliphatic hydroxyl groups is 1. The molecule has 0 aliphatic carbocycles. The van der Waals surface area contributed by atoms with Crippen molar-refractivity contribution in [2.75, 3.05) is 20.2 Å². The van der Waals surface area contributed by atoms with Crippen LogP contribution in [-0.2, 0) is 6.54 Å². The highest BCUT2D eigenvalue weighted by atomic mass is 19.1. The molecule has 1 aliphatic rings. The van der Waals surface area contributed by atoms with Crippen LogP contribution >= 0.6 is 0 Å². The highest BCUT2D eigenvalue weighted by molar-refractivity contribution is 5.33. The molecule has 1 unspecified atom stereocenters. The van der Waals surface area contributed by atoms with Crippen molar-refractivity contribution < 1.29 is 14.2 Å². The van der Waals surface area contributed by atoms with Crippen LogP contribution in [-0.4, -0.2) is 35.8 Å². The summed E-state index contributed by atoms with van der Waals surface area (Å²) in [6, 6.07) is 4.61. The van der Waals surface area contributed by atoms with E-state index in [0.29, 0.717) is 6.54 Å². The number of methoxy groups -OCH3 is 1. The number of likely N-dealkylation sites (tertiary alicyclic amines) is 1. The molecule has 1 saturated heterocycles. The van der Waals surface area contributed by atoms with Crippen molar-refractivity contribution in [3.05, 3.63) is 29.6 Å². The molecule has 1 aliphatic heterocycles. The topological polar surface area (TPSA) is 32.7 Å². The lowest BCUT2D eigenvalue weighted by Gasteiger charge is -2.23. The Hall–Kier alpha value is -1.13. The van der Waals surface area contributed by atoms with Crippen molar-refractivity contribution >= 4 is 0 Å². The van der Waals surface area contributed by atoms with E-state index in [1.807, 2.05) is 6.92 Å². The Balaban J connectivity index is 2.06. The predicted molar refractivity (Wildman–Crippen MR) is 72.7 cm³/mol. The van der Waals surface area contributed by atoms with Gasteiger partial charge in [0.15, 0.2) is 0 Å². The second kappa shape index (κ2) is 5.88. The summed E-state index contributed by atoms with van der Waals surface area (Å²) in [5.41, 5.74) is 0.296. The lowest BCUT2D eigenvalue weighted by Crippen LogP contribution is -2.28. The van der Waals surface area contributed by atoms with Crippen molar-refractivity contribution in [2.24, 2.45) is 0 Å². The second-order valence-corrected chi connectivity index (χ2v) is 5.58. The van der Waals surface area contributed by atoms with Gasteiger partial charge in [0.25, 0.3) is 0 Å². The number of hydrogen-bond donors (Lipinski definition) is 1. The van der Waals surface area contributed by atoms with Gasteiger partial charge in [-0.2, -0.15) is 0 Å². The molecular formula is C15H22FNO2. The van der Waals surface area contributed by atoms with Crippen LogP contribution in [0.5, 0.6) is 5.75 Å². The highest BCUT2D eigenvalue weighted by Crippen LogP contribution is 2.25. The Bertz CT molecular complexity index is 434. The van der Waals surface area contributed by atoms with Gasteiger partial charge in [0, 0.05) is 18.7 Å². The first-order valence-electron chi connectivity index (χ1n) is 6.77. The van der Waals surface area contributed by atoms with Crippen LogP contribution in [0.3, 0.4) is 0 Å². The summed E-state index contributed by atoms with van der Waals surface area (Å²) < 4.78 is 18.6. The molecule has 1 aromatic rings. The van der Waals surface area contributed by atoms with Gasteiger partial charge in [-0.1, -0.05) is 0 Å². The zero-order valence-electron chi connectivity index (χ0n) is 11.7. The summed E-state index contributed by atoms with van der Waals surface area (Å²) in [6.07, 6.45) is 2.54. The Morgan fingerprint density at radius 1 is 1.37 bits per heavy atom. The van der Waals surface area contributed by atoms with Gasteiger partial charge in [0.2, 0.25) is 0 Å². The number of nitrogens with zero attached hydrogens (tertiary/aromatic N) is 1. The Kier molecular flexibility index (Phi) is 4.42. The van der Waals surface area contributed by atoms with Gasteiger partial charge in [0.1, 0.15) is 11.6 Å². The molecule has 0 bridgehead atoms. The van der Waals surface area contributed by atoms with E-state index in [1.165, 1.54) is 12.1 Å². The average molecular weight is 267 g/mol. The first-order valence-corrected chi connectivity index (χ1v) is 6.77. The number of hydrogen-bond acceptors (Lipinski definition) is 3. The smallest absolute Gasteiger partial charge is 0.123 e. The monoisotopic (exact) mass is 267 g/mol. The number of benzene rings is 1. The molecule has 19 heavy (non-hydrogen) atoms. The summed E-state index contributed by atoms with van der Waals surface area (Å²) in [5.74, 6) is 0.482. The Morgan fingerprint density at radius 2 is 2.16 bits per heavy atom. The summed E-state index contributed by atoms with van der Waals surface area (Å²) in [6.45, 7) is 4.30. The average Bonchev–Trinajstić information content (AvgIpc) is 2.51. The van der Waals surface area contributed by atoms with Gasteiger partial charge in [-0.15, -0.1) is 0 Å². The Morgan fingerprint density at radius 3 is 2.89 bits per heavy atom. The van der Waals surface area contributed by atoms with E-state index in [0.717, 1.165) is 43.7 Å². The molecule has 4 heteroatoms. The fourth-order valence-electron chi connectivity index (χ4n) is 2.59. The zero-order chi connectivity index (χ0) is 13.9.